The van der Waals surface area contributed by atoms with E-state index in [2.05, 4.69) is 218 Å². The van der Waals surface area contributed by atoms with Gasteiger partial charge in [-0.2, -0.15) is 0 Å². The van der Waals surface area contributed by atoms with Crippen molar-refractivity contribution in [3.8, 4) is 89.8 Å². The molecule has 4 nitrogen and oxygen atoms in total. The van der Waals surface area contributed by atoms with Gasteiger partial charge in [-0.3, -0.25) is 0 Å². The Bertz CT molecular complexity index is 3680. The molecule has 65 heavy (non-hydrogen) atoms. The monoisotopic (exact) mass is 829 g/mol. The second-order valence-corrected chi connectivity index (χ2v) is 16.3. The second-order valence-electron chi connectivity index (χ2n) is 16.3. The van der Waals surface area contributed by atoms with Gasteiger partial charge in [0.05, 0.1) is 0 Å². The molecule has 12 aromatic rings. The van der Waals surface area contributed by atoms with Gasteiger partial charge in [-0.15, -0.1) is 0 Å². The zero-order chi connectivity index (χ0) is 43.1. The van der Waals surface area contributed by atoms with Crippen LogP contribution in [0, 0.1) is 0 Å². The van der Waals surface area contributed by atoms with Crippen molar-refractivity contribution in [3.63, 3.8) is 0 Å². The number of aromatic nitrogens is 3. The molecule has 10 aromatic carbocycles. The van der Waals surface area contributed by atoms with Gasteiger partial charge in [0.1, 0.15) is 11.2 Å². The highest BCUT2D eigenvalue weighted by atomic mass is 16.3. The summed E-state index contributed by atoms with van der Waals surface area (Å²) in [6.45, 7) is 0. The van der Waals surface area contributed by atoms with Crippen LogP contribution in [0.25, 0.3) is 123 Å². The smallest absolute Gasteiger partial charge is 0.164 e. The predicted molar refractivity (Wildman–Crippen MR) is 268 cm³/mol. The Hall–Kier alpha value is -8.73. The first kappa shape index (κ1) is 38.0. The van der Waals surface area contributed by atoms with E-state index < -0.39 is 0 Å². The zero-order valence-corrected chi connectivity index (χ0v) is 35.3. The number of rotatable bonds is 8. The maximum atomic E-state index is 6.93. The standard InChI is InChI=1S/C61H39N3O/c1-5-17-40(18-6-1)42-33-35-45(36-34-42)59-62-60(52-29-14-26-48-47(25-13-27-49(48)52)43-21-9-3-10-22-43)64-61(63-59)54-31-16-32-56-57(54)53-30-15-28-51(58(53)65-56)50-38-37-46(41-19-7-2-8-20-41)39-55(50)44-23-11-4-12-24-44/h1-39H. The topological polar surface area (TPSA) is 51.8 Å². The summed E-state index contributed by atoms with van der Waals surface area (Å²) in [6, 6.07) is 82.8. The van der Waals surface area contributed by atoms with Gasteiger partial charge in [-0.25, -0.2) is 15.0 Å². The summed E-state index contributed by atoms with van der Waals surface area (Å²) in [7, 11) is 0. The van der Waals surface area contributed by atoms with Crippen LogP contribution >= 0.6 is 0 Å². The molecule has 0 aliphatic rings. The summed E-state index contributed by atoms with van der Waals surface area (Å²) in [5, 5.41) is 4.15. The van der Waals surface area contributed by atoms with E-state index >= 15 is 0 Å². The third-order valence-corrected chi connectivity index (χ3v) is 12.4. The molecule has 4 heteroatoms. The third kappa shape index (κ3) is 6.95. The lowest BCUT2D eigenvalue weighted by atomic mass is 9.90. The van der Waals surface area contributed by atoms with Crippen molar-refractivity contribution in [1.82, 2.24) is 15.0 Å². The summed E-state index contributed by atoms with van der Waals surface area (Å²) < 4.78 is 6.93. The molecule has 12 rings (SSSR count). The van der Waals surface area contributed by atoms with Gasteiger partial charge in [-0.05, 0) is 73.0 Å². The van der Waals surface area contributed by atoms with Crippen LogP contribution in [0.5, 0.6) is 0 Å². The van der Waals surface area contributed by atoms with E-state index in [1.54, 1.807) is 0 Å². The van der Waals surface area contributed by atoms with Crippen LogP contribution in [-0.2, 0) is 0 Å². The zero-order valence-electron chi connectivity index (χ0n) is 35.3. The first-order chi connectivity index (χ1) is 32.2. The van der Waals surface area contributed by atoms with E-state index in [4.69, 9.17) is 19.4 Å². The summed E-state index contributed by atoms with van der Waals surface area (Å²) >= 11 is 0. The number of furan rings is 1. The van der Waals surface area contributed by atoms with Gasteiger partial charge in [-0.1, -0.05) is 224 Å². The van der Waals surface area contributed by atoms with Crippen LogP contribution in [0.2, 0.25) is 0 Å². The summed E-state index contributed by atoms with van der Waals surface area (Å²) in [5.41, 5.74) is 15.6. The number of para-hydroxylation sites is 1. The first-order valence-electron chi connectivity index (χ1n) is 21.9. The van der Waals surface area contributed by atoms with Crippen LogP contribution in [0.3, 0.4) is 0 Å². The van der Waals surface area contributed by atoms with Gasteiger partial charge in [0.15, 0.2) is 17.5 Å². The van der Waals surface area contributed by atoms with E-state index in [1.807, 2.05) is 18.2 Å². The van der Waals surface area contributed by atoms with Crippen molar-refractivity contribution < 1.29 is 4.42 Å². The number of benzene rings is 10. The minimum Gasteiger partial charge on any atom is -0.455 e. The highest BCUT2D eigenvalue weighted by Crippen LogP contribution is 2.44. The fraction of sp³-hybridized carbons (Fsp3) is 0. The molecule has 0 aliphatic carbocycles. The van der Waals surface area contributed by atoms with Crippen LogP contribution in [0.1, 0.15) is 0 Å². The SMILES string of the molecule is c1ccc(-c2ccc(-c3nc(-c4cccc5c(-c6ccccc6)cccc45)nc(-c4cccc5oc6c(-c7ccc(-c8ccccc8)cc7-c7ccccc7)cccc6c45)n3)cc2)cc1. The normalized spacial score (nSPS) is 11.4. The molecule has 0 unspecified atom stereocenters. The highest BCUT2D eigenvalue weighted by molar-refractivity contribution is 6.16. The fourth-order valence-corrected chi connectivity index (χ4v) is 9.25. The van der Waals surface area contributed by atoms with E-state index in [0.29, 0.717) is 17.5 Å². The lowest BCUT2D eigenvalue weighted by Gasteiger charge is -2.14. The van der Waals surface area contributed by atoms with Gasteiger partial charge >= 0.3 is 0 Å². The Labute approximate surface area is 376 Å². The van der Waals surface area contributed by atoms with Crippen LogP contribution in [0.4, 0.5) is 0 Å². The molecule has 0 N–H and O–H groups in total. The Balaban J connectivity index is 1.06. The van der Waals surface area contributed by atoms with Crippen LogP contribution < -0.4 is 0 Å². The average molecular weight is 830 g/mol. The molecular formula is C61H39N3O. The molecule has 0 atom stereocenters. The Morgan fingerprint density at radius 2 is 0.692 bits per heavy atom. The molecule has 304 valence electrons. The molecule has 0 spiro atoms. The predicted octanol–water partition coefficient (Wildman–Crippen LogP) is 16.3. The van der Waals surface area contributed by atoms with Crippen molar-refractivity contribution in [2.75, 3.05) is 0 Å². The van der Waals surface area contributed by atoms with Gasteiger partial charge < -0.3 is 4.42 Å². The third-order valence-electron chi connectivity index (χ3n) is 12.4. The largest absolute Gasteiger partial charge is 0.455 e. The van der Waals surface area contributed by atoms with Crippen molar-refractivity contribution >= 4 is 32.7 Å². The highest BCUT2D eigenvalue weighted by Gasteiger charge is 2.22. The van der Waals surface area contributed by atoms with E-state index in [9.17, 15) is 0 Å². The van der Waals surface area contributed by atoms with Crippen molar-refractivity contribution in [2.45, 2.75) is 0 Å². The number of hydrogen-bond acceptors (Lipinski definition) is 4. The second kappa shape index (κ2) is 16.2. The van der Waals surface area contributed by atoms with Crippen molar-refractivity contribution in [2.24, 2.45) is 0 Å². The van der Waals surface area contributed by atoms with Crippen LogP contribution in [0.15, 0.2) is 241 Å². The molecule has 0 fully saturated rings. The summed E-state index contributed by atoms with van der Waals surface area (Å²) in [5.74, 6) is 1.77. The number of hydrogen-bond donors (Lipinski definition) is 0. The Morgan fingerprint density at radius 1 is 0.246 bits per heavy atom. The van der Waals surface area contributed by atoms with Gasteiger partial charge in [0, 0.05) is 33.0 Å². The molecule has 0 saturated heterocycles. The Kier molecular flexibility index (Phi) is 9.46. The lowest BCUT2D eigenvalue weighted by molar-refractivity contribution is 0.670. The minimum atomic E-state index is 0.573. The molecule has 0 radical (unpaired) electrons. The lowest BCUT2D eigenvalue weighted by Crippen LogP contribution is -2.01. The Morgan fingerprint density at radius 3 is 1.35 bits per heavy atom. The molecule has 2 heterocycles. The molecule has 2 aromatic heterocycles. The molecule has 0 saturated carbocycles. The van der Waals surface area contributed by atoms with Gasteiger partial charge in [0.2, 0.25) is 0 Å². The average Bonchev–Trinajstić information content (AvgIpc) is 3.79. The van der Waals surface area contributed by atoms with Gasteiger partial charge in [0.25, 0.3) is 0 Å². The molecule has 0 bridgehead atoms. The fourth-order valence-electron chi connectivity index (χ4n) is 9.25. The minimum absolute atomic E-state index is 0.573. The number of nitrogens with zero attached hydrogens (tertiary/aromatic N) is 3. The van der Waals surface area contributed by atoms with Crippen molar-refractivity contribution in [3.05, 3.63) is 237 Å². The number of fused-ring (bicyclic) bond motifs is 4. The van der Waals surface area contributed by atoms with E-state index in [1.165, 1.54) is 5.56 Å². The van der Waals surface area contributed by atoms with Crippen molar-refractivity contribution in [1.29, 1.82) is 0 Å². The molecule has 0 aliphatic heterocycles. The summed E-state index contributed by atoms with van der Waals surface area (Å²) in [4.78, 5) is 15.9. The maximum absolute atomic E-state index is 6.93. The quantitative estimate of drug-likeness (QED) is 0.153. The first-order valence-corrected chi connectivity index (χ1v) is 21.9. The summed E-state index contributed by atoms with van der Waals surface area (Å²) in [6.07, 6.45) is 0. The van der Waals surface area contributed by atoms with E-state index in [-0.39, 0.29) is 0 Å². The molecular weight excluding hydrogens is 791 g/mol. The van der Waals surface area contributed by atoms with E-state index in [0.717, 1.165) is 99.5 Å². The molecule has 0 amide bonds. The maximum Gasteiger partial charge on any atom is 0.164 e. The van der Waals surface area contributed by atoms with Crippen LogP contribution in [-0.4, -0.2) is 15.0 Å².